The van der Waals surface area contributed by atoms with Crippen molar-refractivity contribution < 1.29 is 14.6 Å². The van der Waals surface area contributed by atoms with Crippen molar-refractivity contribution in [3.63, 3.8) is 0 Å². The molecule has 0 saturated heterocycles. The van der Waals surface area contributed by atoms with Crippen molar-refractivity contribution in [3.05, 3.63) is 27.7 Å². The zero-order valence-corrected chi connectivity index (χ0v) is 8.83. The van der Waals surface area contributed by atoms with Crippen molar-refractivity contribution in [2.24, 2.45) is 0 Å². The summed E-state index contributed by atoms with van der Waals surface area (Å²) in [5, 5.41) is 17.5. The van der Waals surface area contributed by atoms with E-state index in [0.29, 0.717) is 10.2 Å². The van der Waals surface area contributed by atoms with Crippen molar-refractivity contribution in [2.75, 3.05) is 7.11 Å². The first-order chi connectivity index (χ1) is 6.60. The number of rotatable bonds is 2. The van der Waals surface area contributed by atoms with Crippen LogP contribution in [0.4, 0.5) is 0 Å². The van der Waals surface area contributed by atoms with Gasteiger partial charge in [-0.1, -0.05) is 0 Å². The Hall–Kier alpha value is -1.54. The zero-order chi connectivity index (χ0) is 10.7. The summed E-state index contributed by atoms with van der Waals surface area (Å²) in [7, 11) is 1.45. The van der Waals surface area contributed by atoms with Gasteiger partial charge in [-0.2, -0.15) is 5.26 Å². The number of hydrogen-bond donors (Lipinski definition) is 1. The van der Waals surface area contributed by atoms with Crippen molar-refractivity contribution >= 4 is 21.9 Å². The molecule has 0 heterocycles. The molecule has 0 aromatic heterocycles. The van der Waals surface area contributed by atoms with Crippen LogP contribution < -0.4 is 4.74 Å². The van der Waals surface area contributed by atoms with Gasteiger partial charge in [0.2, 0.25) is 0 Å². The van der Waals surface area contributed by atoms with Crippen LogP contribution in [0.2, 0.25) is 0 Å². The summed E-state index contributed by atoms with van der Waals surface area (Å²) >= 11 is 3.14. The molecule has 5 heteroatoms. The van der Waals surface area contributed by atoms with E-state index in [4.69, 9.17) is 15.1 Å². The molecule has 0 fully saturated rings. The van der Waals surface area contributed by atoms with E-state index in [1.807, 2.05) is 0 Å². The second-order valence-corrected chi connectivity index (χ2v) is 3.30. The van der Waals surface area contributed by atoms with Gasteiger partial charge in [0.05, 0.1) is 22.7 Å². The Labute approximate surface area is 88.9 Å². The highest BCUT2D eigenvalue weighted by atomic mass is 79.9. The van der Waals surface area contributed by atoms with Crippen molar-refractivity contribution in [3.8, 4) is 11.8 Å². The van der Waals surface area contributed by atoms with Gasteiger partial charge in [-0.05, 0) is 28.1 Å². The summed E-state index contributed by atoms with van der Waals surface area (Å²) in [5.41, 5.74) is 0.0396. The molecule has 14 heavy (non-hydrogen) atoms. The third-order valence-electron chi connectivity index (χ3n) is 1.64. The number of halogens is 1. The topological polar surface area (TPSA) is 70.3 Å². The lowest BCUT2D eigenvalue weighted by Gasteiger charge is -2.05. The predicted molar refractivity (Wildman–Crippen MR) is 52.4 cm³/mol. The highest BCUT2D eigenvalue weighted by Crippen LogP contribution is 2.28. The Balaban J connectivity index is 3.41. The number of nitriles is 1. The van der Waals surface area contributed by atoms with Gasteiger partial charge in [0.1, 0.15) is 11.8 Å². The Morgan fingerprint density at radius 2 is 2.29 bits per heavy atom. The van der Waals surface area contributed by atoms with Gasteiger partial charge in [-0.25, -0.2) is 4.79 Å². The molecule has 0 aliphatic rings. The summed E-state index contributed by atoms with van der Waals surface area (Å²) in [5.74, 6) is -0.698. The maximum Gasteiger partial charge on any atom is 0.337 e. The van der Waals surface area contributed by atoms with Gasteiger partial charge in [-0.3, -0.25) is 0 Å². The monoisotopic (exact) mass is 255 g/mol. The fraction of sp³-hybridized carbons (Fsp3) is 0.111. The van der Waals surface area contributed by atoms with E-state index >= 15 is 0 Å². The molecular formula is C9H6BrNO3. The number of aromatic carboxylic acids is 1. The van der Waals surface area contributed by atoms with Crippen LogP contribution >= 0.6 is 15.9 Å². The molecule has 0 unspecified atom stereocenters. The fourth-order valence-corrected chi connectivity index (χ4v) is 1.48. The first-order valence-electron chi connectivity index (χ1n) is 3.61. The second kappa shape index (κ2) is 4.11. The van der Waals surface area contributed by atoms with E-state index in [1.165, 1.54) is 19.2 Å². The van der Waals surface area contributed by atoms with Crippen LogP contribution in [0.25, 0.3) is 0 Å². The van der Waals surface area contributed by atoms with Gasteiger partial charge < -0.3 is 9.84 Å². The molecule has 72 valence electrons. The van der Waals surface area contributed by atoms with E-state index in [0.717, 1.165) is 0 Å². The van der Waals surface area contributed by atoms with Crippen molar-refractivity contribution in [1.29, 1.82) is 5.26 Å². The number of benzene rings is 1. The predicted octanol–water partition coefficient (Wildman–Crippen LogP) is 2.03. The Bertz CT molecular complexity index is 423. The number of methoxy groups -OCH3 is 1. The molecule has 0 spiro atoms. The summed E-state index contributed by atoms with van der Waals surface area (Å²) in [6.07, 6.45) is 0. The van der Waals surface area contributed by atoms with Crippen LogP contribution in [0.15, 0.2) is 16.6 Å². The summed E-state index contributed by atoms with van der Waals surface area (Å²) in [6.45, 7) is 0. The van der Waals surface area contributed by atoms with Crippen LogP contribution in [-0.2, 0) is 0 Å². The lowest BCUT2D eigenvalue weighted by Crippen LogP contribution is -2.01. The van der Waals surface area contributed by atoms with Gasteiger partial charge in [0.15, 0.2) is 0 Å². The Morgan fingerprint density at radius 1 is 1.64 bits per heavy atom. The minimum atomic E-state index is -1.13. The van der Waals surface area contributed by atoms with Crippen LogP contribution in [-0.4, -0.2) is 18.2 Å². The van der Waals surface area contributed by atoms with E-state index in [-0.39, 0.29) is 11.1 Å². The van der Waals surface area contributed by atoms with Crippen LogP contribution in [0.1, 0.15) is 15.9 Å². The van der Waals surface area contributed by atoms with Crippen LogP contribution in [0.5, 0.6) is 5.75 Å². The largest absolute Gasteiger partial charge is 0.496 e. The molecular weight excluding hydrogens is 250 g/mol. The highest BCUT2D eigenvalue weighted by molar-refractivity contribution is 9.10. The van der Waals surface area contributed by atoms with E-state index in [9.17, 15) is 4.79 Å². The number of nitrogens with zero attached hydrogens (tertiary/aromatic N) is 1. The third kappa shape index (κ3) is 1.86. The maximum absolute atomic E-state index is 10.7. The molecule has 1 aromatic rings. The van der Waals surface area contributed by atoms with E-state index in [2.05, 4.69) is 15.9 Å². The zero-order valence-electron chi connectivity index (χ0n) is 7.24. The highest BCUT2D eigenvalue weighted by Gasteiger charge is 2.13. The maximum atomic E-state index is 10.7. The lowest BCUT2D eigenvalue weighted by atomic mass is 10.1. The molecule has 0 saturated carbocycles. The first kappa shape index (κ1) is 10.5. The van der Waals surface area contributed by atoms with Crippen molar-refractivity contribution in [2.45, 2.75) is 0 Å². The Kier molecular flexibility index (Phi) is 3.10. The van der Waals surface area contributed by atoms with Gasteiger partial charge in [0, 0.05) is 0 Å². The molecule has 0 aliphatic carbocycles. The number of carboxylic acid groups (broad SMARTS) is 1. The van der Waals surface area contributed by atoms with Crippen LogP contribution in [0.3, 0.4) is 0 Å². The molecule has 0 amide bonds. The second-order valence-electron chi connectivity index (χ2n) is 2.45. The molecule has 0 bridgehead atoms. The summed E-state index contributed by atoms with van der Waals surface area (Å²) in [6, 6.07) is 4.53. The minimum Gasteiger partial charge on any atom is -0.496 e. The van der Waals surface area contributed by atoms with E-state index < -0.39 is 5.97 Å². The molecule has 0 atom stereocenters. The summed E-state index contributed by atoms with van der Waals surface area (Å²) in [4.78, 5) is 10.7. The summed E-state index contributed by atoms with van der Waals surface area (Å²) < 4.78 is 5.44. The Morgan fingerprint density at radius 3 is 2.71 bits per heavy atom. The average molecular weight is 256 g/mol. The minimum absolute atomic E-state index is 0.0415. The molecule has 1 N–H and O–H groups in total. The number of hydrogen-bond acceptors (Lipinski definition) is 3. The fourth-order valence-electron chi connectivity index (χ4n) is 0.979. The SMILES string of the molecule is COc1cc(C#N)c(C(=O)O)cc1Br. The standard InChI is InChI=1S/C9H6BrNO3/c1-14-8-2-5(4-11)6(9(12)13)3-7(8)10/h2-3H,1H3,(H,12,13). The quantitative estimate of drug-likeness (QED) is 0.878. The molecule has 4 nitrogen and oxygen atoms in total. The average Bonchev–Trinajstić information content (AvgIpc) is 2.17. The van der Waals surface area contributed by atoms with Gasteiger partial charge in [-0.15, -0.1) is 0 Å². The van der Waals surface area contributed by atoms with Crippen LogP contribution in [0, 0.1) is 11.3 Å². The normalized spacial score (nSPS) is 9.21. The molecule has 1 rings (SSSR count). The number of carbonyl (C=O) groups is 1. The van der Waals surface area contributed by atoms with Gasteiger partial charge in [0.25, 0.3) is 0 Å². The van der Waals surface area contributed by atoms with Gasteiger partial charge >= 0.3 is 5.97 Å². The molecule has 1 aromatic carbocycles. The number of carboxylic acids is 1. The van der Waals surface area contributed by atoms with E-state index in [1.54, 1.807) is 6.07 Å². The third-order valence-corrected chi connectivity index (χ3v) is 2.26. The molecule has 0 aliphatic heterocycles. The lowest BCUT2D eigenvalue weighted by molar-refractivity contribution is 0.0696. The first-order valence-corrected chi connectivity index (χ1v) is 4.40. The smallest absolute Gasteiger partial charge is 0.337 e. The number of ether oxygens (including phenoxy) is 1. The van der Waals surface area contributed by atoms with Crippen molar-refractivity contribution in [1.82, 2.24) is 0 Å². The molecule has 0 radical (unpaired) electrons.